The molecule has 8 rings (SSSR count). The van der Waals surface area contributed by atoms with Crippen LogP contribution in [0.5, 0.6) is 0 Å². The van der Waals surface area contributed by atoms with Crippen LogP contribution >= 0.6 is 57.1 Å². The van der Waals surface area contributed by atoms with E-state index in [9.17, 15) is 33.0 Å². The van der Waals surface area contributed by atoms with Crippen LogP contribution in [0.3, 0.4) is 0 Å². The van der Waals surface area contributed by atoms with Gasteiger partial charge in [0.1, 0.15) is 54.9 Å². The van der Waals surface area contributed by atoms with Gasteiger partial charge in [-0.1, -0.05) is 36.7 Å². The molecule has 3 saturated heterocycles. The number of imidazole rings is 2. The summed E-state index contributed by atoms with van der Waals surface area (Å²) in [6.07, 6.45) is -1.97. The summed E-state index contributed by atoms with van der Waals surface area (Å²) in [5, 5.41) is 0. The molecule has 11 atom stereocenters. The van der Waals surface area contributed by atoms with E-state index in [-0.39, 0.29) is 53.5 Å². The first-order valence-corrected chi connectivity index (χ1v) is 26.8. The Morgan fingerprint density at radius 2 is 1.37 bits per heavy atom. The number of fused-ring (bicyclic) bond motifs is 2. The summed E-state index contributed by atoms with van der Waals surface area (Å²) in [7, 11) is 0. The van der Waals surface area contributed by atoms with Gasteiger partial charge in [0.15, 0.2) is 22.6 Å². The lowest BCUT2D eigenvalue weighted by molar-refractivity contribution is -0.0477. The Morgan fingerprint density at radius 3 is 2.03 bits per heavy atom. The van der Waals surface area contributed by atoms with E-state index in [2.05, 4.69) is 71.6 Å². The van der Waals surface area contributed by atoms with Crippen molar-refractivity contribution in [3.8, 4) is 0 Å². The van der Waals surface area contributed by atoms with Crippen molar-refractivity contribution in [1.29, 1.82) is 0 Å². The van der Waals surface area contributed by atoms with Gasteiger partial charge in [0.25, 0.3) is 11.1 Å². The van der Waals surface area contributed by atoms with Crippen LogP contribution < -0.4 is 28.3 Å². The summed E-state index contributed by atoms with van der Waals surface area (Å²) in [6, 6.07) is 0. The topological polar surface area (TPSA) is 359 Å². The van der Waals surface area contributed by atoms with E-state index in [1.165, 1.54) is 36.7 Å². The number of aryl methyl sites for hydroxylation is 1. The molecule has 3 unspecified atom stereocenters. The van der Waals surface area contributed by atoms with Gasteiger partial charge in [-0.25, -0.2) is 38.4 Å². The molecule has 342 valence electrons. The summed E-state index contributed by atoms with van der Waals surface area (Å²) >= 11 is 11.9. The van der Waals surface area contributed by atoms with Gasteiger partial charge in [0.05, 0.1) is 38.6 Å². The van der Waals surface area contributed by atoms with Crippen LogP contribution in [0.2, 0.25) is 0 Å². The van der Waals surface area contributed by atoms with Crippen molar-refractivity contribution in [1.82, 2.24) is 48.6 Å². The lowest BCUT2D eigenvalue weighted by Gasteiger charge is -2.25. The number of nitrogens with one attached hydrogen (secondary N) is 2. The molecule has 0 amide bonds. The standard InChI is InChI=1S/C30H39N12O15P3S3/c1-13-6-40(30(45)39-27(13)43)20-4-15(56-59(48,62)51-7-14-2-3-19(53-14)41-12-36-23-26(41)37-29(32)38-28(23)44)18(54-20)9-52-60(49,63)57-16-5-21(55-17(16)8-50-58(46,47)61)42-11-35-22-24(31)33-10-34-25(22)42/h6,10-12,14-21H,2-5,7-9H2,1H3,(H,48,62)(H,49,63)(H2,31,33,34)(H,39,43,45)(H2,46,47,61)(H3,32,37,38,44)/t14-,15-,16-,17+,18+,19+,20+,21+,59?,60?/m0/s1. The molecule has 7 N–H and O–H groups in total. The summed E-state index contributed by atoms with van der Waals surface area (Å²) in [5.41, 5.74) is 10.8. The molecule has 3 aliphatic rings. The molecule has 8 heterocycles. The minimum atomic E-state index is -4.41. The number of hydrogen-bond donors (Lipinski definition) is 8. The van der Waals surface area contributed by atoms with Crippen molar-refractivity contribution < 1.29 is 55.4 Å². The molecule has 5 aromatic rings. The Bertz CT molecular complexity index is 2860. The van der Waals surface area contributed by atoms with Gasteiger partial charge in [-0.2, -0.15) is 4.98 Å². The van der Waals surface area contributed by atoms with E-state index < -0.39 is 99.6 Å². The number of anilines is 2. The van der Waals surface area contributed by atoms with E-state index in [0.29, 0.717) is 18.5 Å². The van der Waals surface area contributed by atoms with Gasteiger partial charge in [-0.05, 0) is 19.8 Å². The number of aromatic nitrogens is 10. The summed E-state index contributed by atoms with van der Waals surface area (Å²) in [5.74, 6) is 0.00777. The highest BCUT2D eigenvalue weighted by molar-refractivity contribution is 8.45. The van der Waals surface area contributed by atoms with Crippen LogP contribution in [0.4, 0.5) is 11.8 Å². The Labute approximate surface area is 369 Å². The fourth-order valence-corrected chi connectivity index (χ4v) is 10.8. The third-order valence-corrected chi connectivity index (χ3v) is 14.2. The Balaban J connectivity index is 0.948. The van der Waals surface area contributed by atoms with Gasteiger partial charge in [0, 0.05) is 24.6 Å². The average Bonchev–Trinajstić information content (AvgIpc) is 4.04. The van der Waals surface area contributed by atoms with Crippen molar-refractivity contribution >= 4 is 91.2 Å². The molecular formula is C30H39N12O15P3S3. The van der Waals surface area contributed by atoms with Crippen LogP contribution in [-0.4, -0.2) is 104 Å². The molecule has 0 aliphatic carbocycles. The van der Waals surface area contributed by atoms with Gasteiger partial charge < -0.3 is 30.6 Å². The molecule has 0 radical (unpaired) electrons. The highest BCUT2D eigenvalue weighted by Gasteiger charge is 2.46. The third-order valence-electron chi connectivity index (χ3n) is 10.1. The molecule has 0 aromatic carbocycles. The first-order valence-electron chi connectivity index (χ1n) is 18.7. The Kier molecular flexibility index (Phi) is 13.2. The Hall–Kier alpha value is -3.44. The largest absolute Gasteiger partial charge is 0.386 e. The second-order valence-electron chi connectivity index (χ2n) is 14.5. The number of rotatable bonds is 16. The normalized spacial score (nSPS) is 28.1. The zero-order valence-corrected chi connectivity index (χ0v) is 37.8. The molecule has 0 saturated carbocycles. The first kappa shape index (κ1) is 46.1. The lowest BCUT2D eigenvalue weighted by atomic mass is 10.2. The smallest absolute Gasteiger partial charge is 0.382 e. The summed E-state index contributed by atoms with van der Waals surface area (Å²) in [4.78, 5) is 72.1. The molecule has 3 aliphatic heterocycles. The monoisotopic (exact) mass is 996 g/mol. The fraction of sp³-hybridized carbons (Fsp3) is 0.533. The van der Waals surface area contributed by atoms with Crippen molar-refractivity contribution in [2.24, 2.45) is 0 Å². The SMILES string of the molecule is Cc1cn([C@H]2C[C@H](OP(=O)(S)OC[C@@H]3CC[C@H](n4cnc5c(=O)[nH]c(N)nc54)O3)[C@@H](COP(=O)(S)O[C@H]3C[C@H](n4cnc5c(N)ncnc54)O[C@@H]3COP(=O)(O)S)O2)c(=O)[nH]c1=O. The summed E-state index contributed by atoms with van der Waals surface area (Å²) in [6.45, 7) is -12.9. The number of nitrogen functional groups attached to an aromatic ring is 2. The molecule has 27 nitrogen and oxygen atoms in total. The molecular weight excluding hydrogens is 958 g/mol. The van der Waals surface area contributed by atoms with E-state index in [1.807, 2.05) is 0 Å². The minimum Gasteiger partial charge on any atom is -0.382 e. The average molecular weight is 997 g/mol. The first-order chi connectivity index (χ1) is 29.7. The lowest BCUT2D eigenvalue weighted by Crippen LogP contribution is -2.33. The van der Waals surface area contributed by atoms with E-state index in [1.54, 1.807) is 4.57 Å². The number of H-pyrrole nitrogens is 2. The molecule has 33 heteroatoms. The molecule has 0 bridgehead atoms. The van der Waals surface area contributed by atoms with Gasteiger partial charge >= 0.3 is 26.1 Å². The zero-order chi connectivity index (χ0) is 45.0. The van der Waals surface area contributed by atoms with Gasteiger partial charge in [-0.3, -0.25) is 55.9 Å². The zero-order valence-electron chi connectivity index (χ0n) is 32.5. The van der Waals surface area contributed by atoms with Crippen LogP contribution in [0, 0.1) is 6.92 Å². The van der Waals surface area contributed by atoms with E-state index >= 15 is 0 Å². The molecule has 5 aromatic heterocycles. The predicted octanol–water partition coefficient (Wildman–Crippen LogP) is 2.16. The van der Waals surface area contributed by atoms with E-state index in [0.717, 1.165) is 4.57 Å². The number of nitrogens with two attached hydrogens (primary N) is 2. The highest BCUT2D eigenvalue weighted by Crippen LogP contribution is 2.59. The number of hydrogen-bond acceptors (Lipinski definition) is 21. The van der Waals surface area contributed by atoms with Crippen LogP contribution in [0.25, 0.3) is 22.3 Å². The number of nitrogens with zero attached hydrogens (tertiary/aromatic N) is 8. The molecule has 63 heavy (non-hydrogen) atoms. The van der Waals surface area contributed by atoms with Crippen molar-refractivity contribution in [3.05, 3.63) is 61.9 Å². The second kappa shape index (κ2) is 18.1. The second-order valence-corrected chi connectivity index (χ2v) is 23.0. The van der Waals surface area contributed by atoms with Crippen molar-refractivity contribution in [2.75, 3.05) is 31.3 Å². The molecule has 0 spiro atoms. The maximum Gasteiger partial charge on any atom is 0.386 e. The van der Waals surface area contributed by atoms with Crippen molar-refractivity contribution in [3.63, 3.8) is 0 Å². The van der Waals surface area contributed by atoms with Crippen LogP contribution in [-0.2, 0) is 50.5 Å². The number of aromatic amines is 2. The minimum absolute atomic E-state index is 0.0440. The highest BCUT2D eigenvalue weighted by atomic mass is 32.7. The van der Waals surface area contributed by atoms with Crippen molar-refractivity contribution in [2.45, 2.75) is 81.8 Å². The van der Waals surface area contributed by atoms with Gasteiger partial charge in [-0.15, -0.1) is 0 Å². The number of ether oxygens (including phenoxy) is 3. The van der Waals surface area contributed by atoms with Crippen LogP contribution in [0.15, 0.2) is 39.6 Å². The third kappa shape index (κ3) is 10.5. The van der Waals surface area contributed by atoms with Gasteiger partial charge in [0.2, 0.25) is 5.95 Å². The number of thiol groups is 3. The maximum absolute atomic E-state index is 13.9. The quantitative estimate of drug-likeness (QED) is 0.0518. The maximum atomic E-state index is 13.9. The van der Waals surface area contributed by atoms with E-state index in [4.69, 9.17) is 48.3 Å². The fourth-order valence-electron chi connectivity index (χ4n) is 7.23. The van der Waals surface area contributed by atoms with Crippen LogP contribution in [0.1, 0.15) is 49.9 Å². The Morgan fingerprint density at radius 1 is 0.762 bits per heavy atom. The summed E-state index contributed by atoms with van der Waals surface area (Å²) < 4.78 is 90.0. The predicted molar refractivity (Wildman–Crippen MR) is 228 cm³/mol. The molecule has 3 fully saturated rings.